The topological polar surface area (TPSA) is 67.3 Å². The molecule has 1 aliphatic carbocycles. The average Bonchev–Trinajstić information content (AvgIpc) is 3.04. The lowest BCUT2D eigenvalue weighted by atomic mass is 10.0. The number of hydrogen-bond donors (Lipinski definition) is 2. The standard InChI is InChI=1S/C11H19N3O2S/c1-11(15,5-6-16-2)7-12-10-13-9(14-17-10)8-3-4-8/h8,15H,3-7H2,1-2H3,(H,12,13,14). The van der Waals surface area contributed by atoms with E-state index in [4.69, 9.17) is 4.74 Å². The summed E-state index contributed by atoms with van der Waals surface area (Å²) < 4.78 is 9.26. The van der Waals surface area contributed by atoms with E-state index >= 15 is 0 Å². The maximum atomic E-state index is 10.0. The van der Waals surface area contributed by atoms with Crippen molar-refractivity contribution in [3.8, 4) is 0 Å². The Labute approximate surface area is 105 Å². The maximum absolute atomic E-state index is 10.0. The van der Waals surface area contributed by atoms with Gasteiger partial charge in [0.25, 0.3) is 0 Å². The van der Waals surface area contributed by atoms with Crippen LogP contribution in [0.25, 0.3) is 0 Å². The first kappa shape index (κ1) is 12.7. The highest BCUT2D eigenvalue weighted by Crippen LogP contribution is 2.39. The van der Waals surface area contributed by atoms with Crippen molar-refractivity contribution in [1.29, 1.82) is 0 Å². The van der Waals surface area contributed by atoms with Gasteiger partial charge in [0.05, 0.1) is 5.60 Å². The number of ether oxygens (including phenoxy) is 1. The Hall–Kier alpha value is -0.720. The Balaban J connectivity index is 1.79. The van der Waals surface area contributed by atoms with Gasteiger partial charge >= 0.3 is 0 Å². The lowest BCUT2D eigenvalue weighted by molar-refractivity contribution is 0.0357. The summed E-state index contributed by atoms with van der Waals surface area (Å²) in [5, 5.41) is 14.0. The molecule has 1 aliphatic rings. The molecule has 1 saturated carbocycles. The molecule has 1 atom stereocenters. The van der Waals surface area contributed by atoms with Gasteiger partial charge in [-0.25, -0.2) is 4.98 Å². The summed E-state index contributed by atoms with van der Waals surface area (Å²) in [4.78, 5) is 4.41. The van der Waals surface area contributed by atoms with Crippen LogP contribution in [-0.2, 0) is 4.74 Å². The fraction of sp³-hybridized carbons (Fsp3) is 0.818. The van der Waals surface area contributed by atoms with E-state index in [1.807, 2.05) is 0 Å². The second kappa shape index (κ2) is 5.29. The molecule has 1 heterocycles. The number of hydrogen-bond acceptors (Lipinski definition) is 6. The van der Waals surface area contributed by atoms with Gasteiger partial charge in [-0.1, -0.05) is 0 Å². The van der Waals surface area contributed by atoms with Gasteiger partial charge in [-0.05, 0) is 19.8 Å². The molecule has 1 aromatic rings. The molecule has 0 aliphatic heterocycles. The Morgan fingerprint density at radius 2 is 2.35 bits per heavy atom. The Morgan fingerprint density at radius 3 is 3.00 bits per heavy atom. The van der Waals surface area contributed by atoms with Crippen LogP contribution < -0.4 is 5.32 Å². The second-order valence-electron chi connectivity index (χ2n) is 4.83. The number of nitrogens with zero attached hydrogens (tertiary/aromatic N) is 2. The van der Waals surface area contributed by atoms with Crippen LogP contribution in [0.15, 0.2) is 0 Å². The van der Waals surface area contributed by atoms with Crippen molar-refractivity contribution in [1.82, 2.24) is 9.36 Å². The third-order valence-corrected chi connectivity index (χ3v) is 3.54. The molecule has 6 heteroatoms. The third-order valence-electron chi connectivity index (χ3n) is 2.85. The lowest BCUT2D eigenvalue weighted by Crippen LogP contribution is -2.34. The van der Waals surface area contributed by atoms with Gasteiger partial charge < -0.3 is 15.2 Å². The van der Waals surface area contributed by atoms with Crippen LogP contribution in [-0.4, -0.2) is 40.3 Å². The van der Waals surface area contributed by atoms with Crippen LogP contribution in [0.1, 0.15) is 37.9 Å². The SMILES string of the molecule is COCCC(C)(O)CNc1nc(C2CC2)ns1. The predicted molar refractivity (Wildman–Crippen MR) is 67.5 cm³/mol. The molecule has 2 rings (SSSR count). The fourth-order valence-corrected chi connectivity index (χ4v) is 2.13. The van der Waals surface area contributed by atoms with Crippen molar-refractivity contribution in [3.63, 3.8) is 0 Å². The highest BCUT2D eigenvalue weighted by molar-refractivity contribution is 7.09. The Kier molecular flexibility index (Phi) is 3.96. The molecular formula is C11H19N3O2S. The third kappa shape index (κ3) is 3.90. The number of nitrogens with one attached hydrogen (secondary N) is 1. The molecule has 0 saturated heterocycles. The Bertz CT molecular complexity index is 363. The van der Waals surface area contributed by atoms with E-state index in [1.165, 1.54) is 24.4 Å². The molecule has 0 bridgehead atoms. The largest absolute Gasteiger partial charge is 0.388 e. The van der Waals surface area contributed by atoms with Gasteiger partial charge in [0.1, 0.15) is 5.82 Å². The monoisotopic (exact) mass is 257 g/mol. The molecule has 0 aromatic carbocycles. The predicted octanol–water partition coefficient (Wildman–Crippen LogP) is 1.61. The van der Waals surface area contributed by atoms with E-state index in [2.05, 4.69) is 14.7 Å². The molecule has 5 nitrogen and oxygen atoms in total. The van der Waals surface area contributed by atoms with E-state index in [0.29, 0.717) is 25.5 Å². The summed E-state index contributed by atoms with van der Waals surface area (Å²) in [6, 6.07) is 0. The van der Waals surface area contributed by atoms with E-state index in [1.54, 1.807) is 14.0 Å². The molecule has 1 unspecified atom stereocenters. The average molecular weight is 257 g/mol. The van der Waals surface area contributed by atoms with E-state index in [0.717, 1.165) is 11.0 Å². The first-order chi connectivity index (χ1) is 8.11. The van der Waals surface area contributed by atoms with Gasteiger partial charge in [0, 0.05) is 44.1 Å². The van der Waals surface area contributed by atoms with Gasteiger partial charge in [-0.3, -0.25) is 0 Å². The molecule has 0 spiro atoms. The van der Waals surface area contributed by atoms with E-state index < -0.39 is 5.60 Å². The zero-order valence-corrected chi connectivity index (χ0v) is 11.1. The fourth-order valence-electron chi connectivity index (χ4n) is 1.49. The lowest BCUT2D eigenvalue weighted by Gasteiger charge is -2.22. The first-order valence-corrected chi connectivity index (χ1v) is 6.67. The van der Waals surface area contributed by atoms with Crippen LogP contribution >= 0.6 is 11.5 Å². The summed E-state index contributed by atoms with van der Waals surface area (Å²) in [7, 11) is 1.64. The van der Waals surface area contributed by atoms with Crippen LogP contribution in [0.5, 0.6) is 0 Å². The summed E-state index contributed by atoms with van der Waals surface area (Å²) in [6.07, 6.45) is 3.02. The maximum Gasteiger partial charge on any atom is 0.202 e. The van der Waals surface area contributed by atoms with Crippen molar-refractivity contribution in [2.24, 2.45) is 0 Å². The van der Waals surface area contributed by atoms with Gasteiger partial charge in [-0.15, -0.1) is 0 Å². The van der Waals surface area contributed by atoms with Crippen molar-refractivity contribution in [2.75, 3.05) is 25.6 Å². The van der Waals surface area contributed by atoms with Crippen LogP contribution in [0.4, 0.5) is 5.13 Å². The van der Waals surface area contributed by atoms with Crippen LogP contribution in [0.2, 0.25) is 0 Å². The van der Waals surface area contributed by atoms with Crippen LogP contribution in [0.3, 0.4) is 0 Å². The number of anilines is 1. The second-order valence-corrected chi connectivity index (χ2v) is 5.58. The summed E-state index contributed by atoms with van der Waals surface area (Å²) in [5.41, 5.74) is -0.776. The van der Waals surface area contributed by atoms with Crippen LogP contribution in [0, 0.1) is 0 Å². The van der Waals surface area contributed by atoms with E-state index in [-0.39, 0.29) is 0 Å². The van der Waals surface area contributed by atoms with Gasteiger partial charge in [0.2, 0.25) is 5.13 Å². The van der Waals surface area contributed by atoms with Gasteiger partial charge in [-0.2, -0.15) is 4.37 Å². The molecular weight excluding hydrogens is 238 g/mol. The van der Waals surface area contributed by atoms with Gasteiger partial charge in [0.15, 0.2) is 0 Å². The minimum Gasteiger partial charge on any atom is -0.388 e. The van der Waals surface area contributed by atoms with Crippen molar-refractivity contribution >= 4 is 16.7 Å². The number of methoxy groups -OCH3 is 1. The molecule has 1 aromatic heterocycles. The molecule has 17 heavy (non-hydrogen) atoms. The minimum atomic E-state index is -0.776. The quantitative estimate of drug-likeness (QED) is 0.777. The summed E-state index contributed by atoms with van der Waals surface area (Å²) in [6.45, 7) is 2.82. The van der Waals surface area contributed by atoms with E-state index in [9.17, 15) is 5.11 Å². The zero-order valence-electron chi connectivity index (χ0n) is 10.3. The molecule has 0 amide bonds. The molecule has 0 radical (unpaired) electrons. The molecule has 1 fully saturated rings. The summed E-state index contributed by atoms with van der Waals surface area (Å²) >= 11 is 1.37. The highest BCUT2D eigenvalue weighted by atomic mass is 32.1. The smallest absolute Gasteiger partial charge is 0.202 e. The first-order valence-electron chi connectivity index (χ1n) is 5.89. The molecule has 2 N–H and O–H groups in total. The number of aliphatic hydroxyl groups is 1. The minimum absolute atomic E-state index is 0.468. The number of rotatable bonds is 7. The highest BCUT2D eigenvalue weighted by Gasteiger charge is 2.28. The van der Waals surface area contributed by atoms with Crippen molar-refractivity contribution < 1.29 is 9.84 Å². The van der Waals surface area contributed by atoms with Crippen molar-refractivity contribution in [2.45, 2.75) is 37.7 Å². The summed E-state index contributed by atoms with van der Waals surface area (Å²) in [5.74, 6) is 1.53. The molecule has 96 valence electrons. The Morgan fingerprint density at radius 1 is 1.59 bits per heavy atom. The normalized spacial score (nSPS) is 19.0. The van der Waals surface area contributed by atoms with Crippen molar-refractivity contribution in [3.05, 3.63) is 5.82 Å². The number of aromatic nitrogens is 2. The zero-order chi connectivity index (χ0) is 12.3.